The highest BCUT2D eigenvalue weighted by atomic mass is 19.2. The van der Waals surface area contributed by atoms with Crippen LogP contribution in [0, 0.1) is 18.6 Å². The third-order valence-electron chi connectivity index (χ3n) is 3.28. The van der Waals surface area contributed by atoms with Gasteiger partial charge in [-0.2, -0.15) is 0 Å². The maximum atomic E-state index is 13.6. The summed E-state index contributed by atoms with van der Waals surface area (Å²) in [4.78, 5) is 0. The van der Waals surface area contributed by atoms with Crippen molar-refractivity contribution >= 4 is 0 Å². The van der Waals surface area contributed by atoms with Gasteiger partial charge in [-0.15, -0.1) is 0 Å². The predicted molar refractivity (Wildman–Crippen MR) is 72.8 cm³/mol. The summed E-state index contributed by atoms with van der Waals surface area (Å²) in [6.07, 6.45) is -0.867. The van der Waals surface area contributed by atoms with Crippen molar-refractivity contribution in [2.24, 2.45) is 0 Å². The number of methoxy groups -OCH3 is 1. The first-order chi connectivity index (χ1) is 9.52. The molecule has 0 amide bonds. The Kier molecular flexibility index (Phi) is 4.35. The first-order valence-corrected chi connectivity index (χ1v) is 6.28. The van der Waals surface area contributed by atoms with E-state index >= 15 is 0 Å². The lowest BCUT2D eigenvalue weighted by molar-refractivity contribution is 0.176. The van der Waals surface area contributed by atoms with Gasteiger partial charge in [0.2, 0.25) is 0 Å². The Morgan fingerprint density at radius 1 is 1.20 bits per heavy atom. The molecule has 1 N–H and O–H groups in total. The summed E-state index contributed by atoms with van der Waals surface area (Å²) in [6, 6.07) is 9.22. The smallest absolute Gasteiger partial charge is 0.162 e. The van der Waals surface area contributed by atoms with Crippen LogP contribution in [0.4, 0.5) is 8.78 Å². The van der Waals surface area contributed by atoms with E-state index in [1.54, 1.807) is 25.3 Å². The van der Waals surface area contributed by atoms with Gasteiger partial charge in [-0.3, -0.25) is 0 Å². The zero-order valence-corrected chi connectivity index (χ0v) is 11.4. The lowest BCUT2D eigenvalue weighted by atomic mass is 9.97. The van der Waals surface area contributed by atoms with E-state index in [-0.39, 0.29) is 12.0 Å². The number of benzene rings is 2. The Labute approximate surface area is 116 Å². The zero-order chi connectivity index (χ0) is 14.7. The van der Waals surface area contributed by atoms with Crippen molar-refractivity contribution in [3.8, 4) is 5.75 Å². The predicted octanol–water partition coefficient (Wildman–Crippen LogP) is 3.56. The third-order valence-corrected chi connectivity index (χ3v) is 3.28. The van der Waals surface area contributed by atoms with Gasteiger partial charge in [0.15, 0.2) is 11.6 Å². The van der Waals surface area contributed by atoms with Crippen molar-refractivity contribution in [2.75, 3.05) is 7.11 Å². The van der Waals surface area contributed by atoms with E-state index in [0.29, 0.717) is 11.3 Å². The van der Waals surface area contributed by atoms with Crippen LogP contribution in [0.2, 0.25) is 0 Å². The molecule has 0 saturated carbocycles. The second-order valence-electron chi connectivity index (χ2n) is 4.66. The van der Waals surface area contributed by atoms with E-state index in [2.05, 4.69) is 0 Å². The Hall–Kier alpha value is -1.94. The molecule has 0 aliphatic heterocycles. The van der Waals surface area contributed by atoms with Gasteiger partial charge in [-0.25, -0.2) is 8.78 Å². The summed E-state index contributed by atoms with van der Waals surface area (Å²) in [5.74, 6) is -1.12. The van der Waals surface area contributed by atoms with Gasteiger partial charge in [-0.1, -0.05) is 18.2 Å². The molecule has 0 aromatic heterocycles. The normalized spacial score (nSPS) is 12.2. The molecule has 1 atom stereocenters. The Bertz CT molecular complexity index is 611. The number of aliphatic hydroxyl groups is 1. The molecule has 106 valence electrons. The summed E-state index contributed by atoms with van der Waals surface area (Å²) in [7, 11) is 1.56. The third kappa shape index (κ3) is 2.96. The maximum absolute atomic E-state index is 13.6. The lowest BCUT2D eigenvalue weighted by Gasteiger charge is -2.15. The van der Waals surface area contributed by atoms with Crippen LogP contribution < -0.4 is 4.74 Å². The fraction of sp³-hybridized carbons (Fsp3) is 0.250. The van der Waals surface area contributed by atoms with Crippen LogP contribution in [0.15, 0.2) is 36.4 Å². The summed E-state index contributed by atoms with van der Waals surface area (Å²) in [5, 5.41) is 10.2. The molecule has 0 spiro atoms. The average molecular weight is 278 g/mol. The highest BCUT2D eigenvalue weighted by Gasteiger charge is 2.16. The van der Waals surface area contributed by atoms with Crippen LogP contribution in [0.25, 0.3) is 0 Å². The summed E-state index contributed by atoms with van der Waals surface area (Å²) < 4.78 is 31.8. The summed E-state index contributed by atoms with van der Waals surface area (Å²) in [5.41, 5.74) is 1.68. The monoisotopic (exact) mass is 278 g/mol. The highest BCUT2D eigenvalue weighted by Crippen LogP contribution is 2.26. The molecular weight excluding hydrogens is 262 g/mol. The van der Waals surface area contributed by atoms with Gasteiger partial charge in [0.1, 0.15) is 5.75 Å². The molecule has 2 aromatic rings. The van der Waals surface area contributed by atoms with Gasteiger partial charge >= 0.3 is 0 Å². The van der Waals surface area contributed by atoms with Crippen LogP contribution in [0.1, 0.15) is 22.8 Å². The quantitative estimate of drug-likeness (QED) is 0.926. The molecule has 0 aliphatic rings. The molecule has 0 saturated heterocycles. The van der Waals surface area contributed by atoms with E-state index < -0.39 is 17.7 Å². The van der Waals surface area contributed by atoms with E-state index in [1.807, 2.05) is 6.92 Å². The number of hydrogen-bond donors (Lipinski definition) is 1. The zero-order valence-electron chi connectivity index (χ0n) is 11.4. The maximum Gasteiger partial charge on any atom is 0.162 e. The van der Waals surface area contributed by atoms with Crippen molar-refractivity contribution < 1.29 is 18.6 Å². The summed E-state index contributed by atoms with van der Waals surface area (Å²) in [6.45, 7) is 1.84. The Morgan fingerprint density at radius 2 is 1.95 bits per heavy atom. The number of aryl methyl sites for hydroxylation is 1. The molecule has 0 heterocycles. The van der Waals surface area contributed by atoms with Crippen LogP contribution in [0.3, 0.4) is 0 Å². The van der Waals surface area contributed by atoms with Crippen molar-refractivity contribution in [1.82, 2.24) is 0 Å². The van der Waals surface area contributed by atoms with E-state index in [4.69, 9.17) is 4.74 Å². The topological polar surface area (TPSA) is 29.5 Å². The largest absolute Gasteiger partial charge is 0.497 e. The number of halogens is 2. The van der Waals surface area contributed by atoms with Crippen molar-refractivity contribution in [3.05, 3.63) is 64.7 Å². The summed E-state index contributed by atoms with van der Waals surface area (Å²) >= 11 is 0. The van der Waals surface area contributed by atoms with Crippen molar-refractivity contribution in [1.29, 1.82) is 0 Å². The fourth-order valence-corrected chi connectivity index (χ4v) is 2.17. The molecule has 0 bridgehead atoms. The minimum absolute atomic E-state index is 0.0246. The second kappa shape index (κ2) is 6.01. The fourth-order valence-electron chi connectivity index (χ4n) is 2.17. The molecule has 0 fully saturated rings. The molecule has 2 aromatic carbocycles. The molecule has 2 rings (SSSR count). The SMILES string of the molecule is COc1ccc(C(O)Cc2cccc(F)c2F)c(C)c1. The number of aliphatic hydroxyl groups excluding tert-OH is 1. The van der Waals surface area contributed by atoms with Gasteiger partial charge in [0, 0.05) is 6.42 Å². The molecule has 2 nitrogen and oxygen atoms in total. The van der Waals surface area contributed by atoms with E-state index in [0.717, 1.165) is 11.6 Å². The van der Waals surface area contributed by atoms with Crippen molar-refractivity contribution in [3.63, 3.8) is 0 Å². The number of hydrogen-bond acceptors (Lipinski definition) is 2. The standard InChI is InChI=1S/C16H16F2O2/c1-10-8-12(20-2)6-7-13(10)15(19)9-11-4-3-5-14(17)16(11)18/h3-8,15,19H,9H2,1-2H3. The Balaban J connectivity index is 2.24. The van der Waals surface area contributed by atoms with Gasteiger partial charge in [0.05, 0.1) is 13.2 Å². The first-order valence-electron chi connectivity index (χ1n) is 6.28. The van der Waals surface area contributed by atoms with Crippen molar-refractivity contribution in [2.45, 2.75) is 19.4 Å². The van der Waals surface area contributed by atoms with Gasteiger partial charge < -0.3 is 9.84 Å². The Morgan fingerprint density at radius 3 is 2.60 bits per heavy atom. The highest BCUT2D eigenvalue weighted by molar-refractivity contribution is 5.37. The van der Waals surface area contributed by atoms with E-state index in [9.17, 15) is 13.9 Å². The molecule has 0 aliphatic carbocycles. The average Bonchev–Trinajstić information content (AvgIpc) is 2.43. The number of rotatable bonds is 4. The molecule has 4 heteroatoms. The number of ether oxygens (including phenoxy) is 1. The lowest BCUT2D eigenvalue weighted by Crippen LogP contribution is -2.06. The molecular formula is C16H16F2O2. The van der Waals surface area contributed by atoms with Crippen LogP contribution in [0.5, 0.6) is 5.75 Å². The van der Waals surface area contributed by atoms with Crippen LogP contribution in [-0.4, -0.2) is 12.2 Å². The first kappa shape index (κ1) is 14.5. The molecule has 0 radical (unpaired) electrons. The minimum Gasteiger partial charge on any atom is -0.497 e. The molecule has 20 heavy (non-hydrogen) atoms. The van der Waals surface area contributed by atoms with Gasteiger partial charge in [-0.05, 0) is 41.8 Å². The van der Waals surface area contributed by atoms with Crippen LogP contribution in [-0.2, 0) is 6.42 Å². The second-order valence-corrected chi connectivity index (χ2v) is 4.66. The van der Waals surface area contributed by atoms with Crippen LogP contribution >= 0.6 is 0 Å². The van der Waals surface area contributed by atoms with Gasteiger partial charge in [0.25, 0.3) is 0 Å². The minimum atomic E-state index is -0.905. The molecule has 1 unspecified atom stereocenters. The van der Waals surface area contributed by atoms with E-state index in [1.165, 1.54) is 12.1 Å².